The molecule has 0 fully saturated rings. The van der Waals surface area contributed by atoms with E-state index in [1.54, 1.807) is 24.3 Å². The molecule has 3 aromatic rings. The summed E-state index contributed by atoms with van der Waals surface area (Å²) in [6.07, 6.45) is 0. The number of amides is 1. The van der Waals surface area contributed by atoms with Crippen molar-refractivity contribution >= 4 is 29.3 Å². The monoisotopic (exact) mass is 373 g/mol. The molecular weight excluding hydrogens is 358 g/mol. The van der Waals surface area contributed by atoms with Gasteiger partial charge in [-0.3, -0.25) is 4.79 Å². The summed E-state index contributed by atoms with van der Waals surface area (Å²) in [5, 5.41) is 11.9. The molecule has 0 radical (unpaired) electrons. The predicted octanol–water partition coefficient (Wildman–Crippen LogP) is 4.36. The number of rotatable bonds is 6. The lowest BCUT2D eigenvalue weighted by atomic mass is 10.1. The van der Waals surface area contributed by atoms with Crippen LogP contribution in [0.15, 0.2) is 64.2 Å². The van der Waals surface area contributed by atoms with Crippen LogP contribution < -0.4 is 5.32 Å². The molecular formula is C18H16ClN3O2S. The second kappa shape index (κ2) is 8.18. The lowest BCUT2D eigenvalue weighted by Gasteiger charge is -2.13. The average Bonchev–Trinajstić information content (AvgIpc) is 3.10. The fourth-order valence-corrected chi connectivity index (χ4v) is 2.91. The molecule has 0 aliphatic carbocycles. The van der Waals surface area contributed by atoms with Gasteiger partial charge in [0.15, 0.2) is 0 Å². The van der Waals surface area contributed by atoms with Crippen LogP contribution in [0, 0.1) is 0 Å². The van der Waals surface area contributed by atoms with Crippen LogP contribution in [-0.4, -0.2) is 21.9 Å². The Morgan fingerprint density at radius 1 is 1.16 bits per heavy atom. The van der Waals surface area contributed by atoms with E-state index in [-0.39, 0.29) is 17.7 Å². The van der Waals surface area contributed by atoms with Gasteiger partial charge in [-0.2, -0.15) is 0 Å². The molecule has 5 nitrogen and oxygen atoms in total. The number of thioether (sulfide) groups is 1. The molecule has 1 heterocycles. The van der Waals surface area contributed by atoms with Gasteiger partial charge in [-0.15, -0.1) is 10.2 Å². The average molecular weight is 374 g/mol. The number of nitrogens with one attached hydrogen (secondary N) is 1. The molecule has 0 aliphatic rings. The number of benzene rings is 2. The Kier molecular flexibility index (Phi) is 5.73. The Bertz CT molecular complexity index is 837. The first-order valence-corrected chi connectivity index (χ1v) is 9.05. The summed E-state index contributed by atoms with van der Waals surface area (Å²) in [6, 6.07) is 16.9. The summed E-state index contributed by atoms with van der Waals surface area (Å²) in [6.45, 7) is 1.95. The van der Waals surface area contributed by atoms with Gasteiger partial charge in [0, 0.05) is 10.6 Å². The zero-order valence-corrected chi connectivity index (χ0v) is 15.1. The summed E-state index contributed by atoms with van der Waals surface area (Å²) in [4.78, 5) is 12.1. The molecule has 0 spiro atoms. The summed E-state index contributed by atoms with van der Waals surface area (Å²) >= 11 is 7.07. The van der Waals surface area contributed by atoms with E-state index in [1.807, 2.05) is 37.3 Å². The van der Waals surface area contributed by atoms with Gasteiger partial charge in [0.1, 0.15) is 0 Å². The van der Waals surface area contributed by atoms with Crippen molar-refractivity contribution in [3.63, 3.8) is 0 Å². The van der Waals surface area contributed by atoms with Crippen LogP contribution in [0.5, 0.6) is 0 Å². The SMILES string of the molecule is C[C@H](NC(=O)CSc1nnc(-c2ccc(Cl)cc2)o1)c1ccccc1. The van der Waals surface area contributed by atoms with Gasteiger partial charge in [0.2, 0.25) is 11.8 Å². The molecule has 0 unspecified atom stereocenters. The smallest absolute Gasteiger partial charge is 0.277 e. The van der Waals surface area contributed by atoms with Crippen LogP contribution in [0.4, 0.5) is 0 Å². The Labute approximate surface area is 154 Å². The molecule has 7 heteroatoms. The first kappa shape index (κ1) is 17.5. The predicted molar refractivity (Wildman–Crippen MR) is 98.5 cm³/mol. The molecule has 1 atom stereocenters. The van der Waals surface area contributed by atoms with Crippen molar-refractivity contribution in [1.29, 1.82) is 0 Å². The number of carbonyl (C=O) groups is 1. The third kappa shape index (κ3) is 4.84. The zero-order valence-electron chi connectivity index (χ0n) is 13.5. The zero-order chi connectivity index (χ0) is 17.6. The van der Waals surface area contributed by atoms with Crippen molar-refractivity contribution in [1.82, 2.24) is 15.5 Å². The van der Waals surface area contributed by atoms with Crippen LogP contribution >= 0.6 is 23.4 Å². The molecule has 25 heavy (non-hydrogen) atoms. The van der Waals surface area contributed by atoms with Crippen molar-refractivity contribution in [2.24, 2.45) is 0 Å². The summed E-state index contributed by atoms with van der Waals surface area (Å²) in [5.41, 5.74) is 1.84. The minimum atomic E-state index is -0.0902. The molecule has 2 aromatic carbocycles. The maximum absolute atomic E-state index is 12.1. The van der Waals surface area contributed by atoms with Gasteiger partial charge < -0.3 is 9.73 Å². The van der Waals surface area contributed by atoms with Crippen molar-refractivity contribution < 1.29 is 9.21 Å². The third-order valence-corrected chi connectivity index (χ3v) is 4.57. The molecule has 1 aromatic heterocycles. The largest absolute Gasteiger partial charge is 0.411 e. The van der Waals surface area contributed by atoms with Crippen LogP contribution in [0.2, 0.25) is 5.02 Å². The van der Waals surface area contributed by atoms with Crippen molar-refractivity contribution in [2.45, 2.75) is 18.2 Å². The quantitative estimate of drug-likeness (QED) is 0.650. The van der Waals surface area contributed by atoms with E-state index in [9.17, 15) is 4.79 Å². The second-order valence-electron chi connectivity index (χ2n) is 5.37. The van der Waals surface area contributed by atoms with Crippen molar-refractivity contribution in [3.05, 3.63) is 65.2 Å². The van der Waals surface area contributed by atoms with E-state index in [2.05, 4.69) is 15.5 Å². The number of nitrogens with zero attached hydrogens (tertiary/aromatic N) is 2. The Hall–Kier alpha value is -2.31. The van der Waals surface area contributed by atoms with E-state index in [0.29, 0.717) is 16.1 Å². The van der Waals surface area contributed by atoms with Crippen molar-refractivity contribution in [3.8, 4) is 11.5 Å². The lowest BCUT2D eigenvalue weighted by molar-refractivity contribution is -0.119. The first-order valence-electron chi connectivity index (χ1n) is 7.68. The van der Waals surface area contributed by atoms with E-state index < -0.39 is 0 Å². The fourth-order valence-electron chi connectivity index (χ4n) is 2.21. The Balaban J connectivity index is 1.53. The Morgan fingerprint density at radius 3 is 2.60 bits per heavy atom. The maximum Gasteiger partial charge on any atom is 0.277 e. The molecule has 1 amide bonds. The standard InChI is InChI=1S/C18H16ClN3O2S/c1-12(13-5-3-2-4-6-13)20-16(23)11-25-18-22-21-17(24-18)14-7-9-15(19)10-8-14/h2-10,12H,11H2,1H3,(H,20,23)/t12-/m0/s1. The summed E-state index contributed by atoms with van der Waals surface area (Å²) in [5.74, 6) is 0.518. The molecule has 0 saturated carbocycles. The molecule has 128 valence electrons. The van der Waals surface area contributed by atoms with Gasteiger partial charge in [-0.05, 0) is 36.8 Å². The molecule has 1 N–H and O–H groups in total. The topological polar surface area (TPSA) is 68.0 Å². The minimum absolute atomic E-state index is 0.0541. The van der Waals surface area contributed by atoms with Crippen LogP contribution in [0.3, 0.4) is 0 Å². The molecule has 3 rings (SSSR count). The summed E-state index contributed by atoms with van der Waals surface area (Å²) < 4.78 is 5.57. The molecule has 0 saturated heterocycles. The van der Waals surface area contributed by atoms with Gasteiger partial charge in [-0.1, -0.05) is 53.7 Å². The molecule has 0 aliphatic heterocycles. The van der Waals surface area contributed by atoms with Gasteiger partial charge in [-0.25, -0.2) is 0 Å². The van der Waals surface area contributed by atoms with Crippen molar-refractivity contribution in [2.75, 3.05) is 5.75 Å². The highest BCUT2D eigenvalue weighted by Gasteiger charge is 2.13. The second-order valence-corrected chi connectivity index (χ2v) is 6.73. The van der Waals surface area contributed by atoms with E-state index in [4.69, 9.17) is 16.0 Å². The number of hydrogen-bond donors (Lipinski definition) is 1. The lowest BCUT2D eigenvalue weighted by Crippen LogP contribution is -2.28. The van der Waals surface area contributed by atoms with Gasteiger partial charge >= 0.3 is 0 Å². The Morgan fingerprint density at radius 2 is 1.88 bits per heavy atom. The van der Waals surface area contributed by atoms with Gasteiger partial charge in [0.25, 0.3) is 5.22 Å². The number of hydrogen-bond acceptors (Lipinski definition) is 5. The fraction of sp³-hybridized carbons (Fsp3) is 0.167. The number of halogens is 1. The van der Waals surface area contributed by atoms with E-state index in [0.717, 1.165) is 11.1 Å². The van der Waals surface area contributed by atoms with Crippen LogP contribution in [-0.2, 0) is 4.79 Å². The molecule has 0 bridgehead atoms. The normalized spacial score (nSPS) is 11.9. The van der Waals surface area contributed by atoms with Gasteiger partial charge in [0.05, 0.1) is 11.8 Å². The maximum atomic E-state index is 12.1. The van der Waals surface area contributed by atoms with Crippen LogP contribution in [0.1, 0.15) is 18.5 Å². The van der Waals surface area contributed by atoms with E-state index >= 15 is 0 Å². The first-order chi connectivity index (χ1) is 12.1. The minimum Gasteiger partial charge on any atom is -0.411 e. The highest BCUT2D eigenvalue weighted by atomic mass is 35.5. The summed E-state index contributed by atoms with van der Waals surface area (Å²) in [7, 11) is 0. The number of aromatic nitrogens is 2. The highest BCUT2D eigenvalue weighted by molar-refractivity contribution is 7.99. The number of carbonyl (C=O) groups excluding carboxylic acids is 1. The van der Waals surface area contributed by atoms with Crippen LogP contribution in [0.25, 0.3) is 11.5 Å². The highest BCUT2D eigenvalue weighted by Crippen LogP contribution is 2.24. The third-order valence-electron chi connectivity index (χ3n) is 3.50. The van der Waals surface area contributed by atoms with E-state index in [1.165, 1.54) is 11.8 Å².